The van der Waals surface area contributed by atoms with Crippen LogP contribution in [0.4, 0.5) is 16.3 Å². The van der Waals surface area contributed by atoms with Crippen molar-refractivity contribution in [3.05, 3.63) is 47.2 Å². The van der Waals surface area contributed by atoms with Crippen molar-refractivity contribution in [3.63, 3.8) is 0 Å². The van der Waals surface area contributed by atoms with Crippen LogP contribution in [0.15, 0.2) is 47.2 Å². The average Bonchev–Trinajstić information content (AvgIpc) is 3.25. The SMILES string of the molecule is COc1cc2ncnc(Nc3cccc(Br)c3)c2cc1OC[C@@H]1CCCN1C(=O)OC(C)(C)C. The van der Waals surface area contributed by atoms with Crippen molar-refractivity contribution in [3.8, 4) is 11.5 Å². The Morgan fingerprint density at radius 1 is 1.21 bits per heavy atom. The summed E-state index contributed by atoms with van der Waals surface area (Å²) in [6, 6.07) is 11.5. The van der Waals surface area contributed by atoms with Gasteiger partial charge >= 0.3 is 6.09 Å². The van der Waals surface area contributed by atoms with Gasteiger partial charge in [-0.25, -0.2) is 14.8 Å². The predicted octanol–water partition coefficient (Wildman–Crippen LogP) is 5.92. The molecule has 0 bridgehead atoms. The van der Waals surface area contributed by atoms with Gasteiger partial charge in [-0.2, -0.15) is 0 Å². The van der Waals surface area contributed by atoms with Crippen LogP contribution in [0, 0.1) is 0 Å². The van der Waals surface area contributed by atoms with Crippen LogP contribution in [0.1, 0.15) is 33.6 Å². The molecule has 0 aliphatic carbocycles. The quantitative estimate of drug-likeness (QED) is 0.424. The smallest absolute Gasteiger partial charge is 0.410 e. The molecular formula is C25H29BrN4O4. The van der Waals surface area contributed by atoms with E-state index in [1.807, 2.05) is 57.2 Å². The van der Waals surface area contributed by atoms with Crippen LogP contribution in [0.2, 0.25) is 0 Å². The highest BCUT2D eigenvalue weighted by atomic mass is 79.9. The second kappa shape index (κ2) is 10.0. The van der Waals surface area contributed by atoms with Gasteiger partial charge in [0, 0.05) is 28.2 Å². The molecule has 1 aliphatic heterocycles. The van der Waals surface area contributed by atoms with E-state index in [4.69, 9.17) is 14.2 Å². The molecule has 9 heteroatoms. The number of anilines is 2. The van der Waals surface area contributed by atoms with Crippen LogP contribution in [-0.4, -0.2) is 52.9 Å². The van der Waals surface area contributed by atoms with Crippen LogP contribution >= 0.6 is 15.9 Å². The molecule has 180 valence electrons. The Hall–Kier alpha value is -3.07. The van der Waals surface area contributed by atoms with Gasteiger partial charge < -0.3 is 24.4 Å². The fraction of sp³-hybridized carbons (Fsp3) is 0.400. The summed E-state index contributed by atoms with van der Waals surface area (Å²) in [5.74, 6) is 1.80. The van der Waals surface area contributed by atoms with Crippen molar-refractivity contribution < 1.29 is 19.0 Å². The molecule has 0 spiro atoms. The van der Waals surface area contributed by atoms with E-state index in [2.05, 4.69) is 31.2 Å². The third-order valence-electron chi connectivity index (χ3n) is 5.44. The Kier molecular flexibility index (Phi) is 7.11. The minimum absolute atomic E-state index is 0.0680. The molecule has 1 N–H and O–H groups in total. The number of hydrogen-bond donors (Lipinski definition) is 1. The van der Waals surface area contributed by atoms with E-state index in [0.717, 1.165) is 33.9 Å². The van der Waals surface area contributed by atoms with Crippen LogP contribution in [0.5, 0.6) is 11.5 Å². The lowest BCUT2D eigenvalue weighted by Gasteiger charge is -2.28. The molecule has 1 aromatic heterocycles. The van der Waals surface area contributed by atoms with E-state index in [-0.39, 0.29) is 12.1 Å². The minimum Gasteiger partial charge on any atom is -0.493 e. The summed E-state index contributed by atoms with van der Waals surface area (Å²) in [6.07, 6.45) is 2.97. The van der Waals surface area contributed by atoms with Gasteiger partial charge in [0.25, 0.3) is 0 Å². The van der Waals surface area contributed by atoms with Crippen molar-refractivity contribution >= 4 is 44.4 Å². The third-order valence-corrected chi connectivity index (χ3v) is 5.94. The number of hydrogen-bond acceptors (Lipinski definition) is 7. The summed E-state index contributed by atoms with van der Waals surface area (Å²) >= 11 is 3.49. The fourth-order valence-corrected chi connectivity index (χ4v) is 4.29. The van der Waals surface area contributed by atoms with E-state index in [1.165, 1.54) is 6.33 Å². The molecule has 1 aliphatic rings. The number of rotatable bonds is 6. The van der Waals surface area contributed by atoms with Gasteiger partial charge in [-0.05, 0) is 57.9 Å². The number of fused-ring (bicyclic) bond motifs is 1. The molecule has 34 heavy (non-hydrogen) atoms. The molecule has 3 aromatic rings. The zero-order valence-corrected chi connectivity index (χ0v) is 21.4. The lowest BCUT2D eigenvalue weighted by atomic mass is 10.2. The van der Waals surface area contributed by atoms with E-state index in [1.54, 1.807) is 12.0 Å². The lowest BCUT2D eigenvalue weighted by Crippen LogP contribution is -2.42. The summed E-state index contributed by atoms with van der Waals surface area (Å²) in [5.41, 5.74) is 1.09. The average molecular weight is 529 g/mol. The molecule has 1 amide bonds. The van der Waals surface area contributed by atoms with Crippen molar-refractivity contribution in [2.75, 3.05) is 25.6 Å². The van der Waals surface area contributed by atoms with Crippen LogP contribution in [-0.2, 0) is 4.74 Å². The van der Waals surface area contributed by atoms with Gasteiger partial charge in [0.15, 0.2) is 11.5 Å². The number of halogens is 1. The molecule has 4 rings (SSSR count). The number of aromatic nitrogens is 2. The zero-order chi connectivity index (χ0) is 24.3. The molecular weight excluding hydrogens is 500 g/mol. The van der Waals surface area contributed by atoms with Gasteiger partial charge in [0.05, 0.1) is 18.7 Å². The molecule has 0 unspecified atom stereocenters. The van der Waals surface area contributed by atoms with E-state index >= 15 is 0 Å². The monoisotopic (exact) mass is 528 g/mol. The Morgan fingerprint density at radius 2 is 2.03 bits per heavy atom. The van der Waals surface area contributed by atoms with Gasteiger partial charge in [0.1, 0.15) is 24.4 Å². The maximum atomic E-state index is 12.6. The van der Waals surface area contributed by atoms with Crippen LogP contribution in [0.25, 0.3) is 10.9 Å². The number of likely N-dealkylation sites (tertiary alicyclic amines) is 1. The molecule has 1 fully saturated rings. The first-order chi connectivity index (χ1) is 16.2. The summed E-state index contributed by atoms with van der Waals surface area (Å²) < 4.78 is 18.3. The molecule has 0 radical (unpaired) electrons. The maximum Gasteiger partial charge on any atom is 0.410 e. The Morgan fingerprint density at radius 3 is 2.76 bits per heavy atom. The molecule has 2 heterocycles. The molecule has 8 nitrogen and oxygen atoms in total. The topological polar surface area (TPSA) is 85.8 Å². The van der Waals surface area contributed by atoms with E-state index < -0.39 is 5.60 Å². The summed E-state index contributed by atoms with van der Waals surface area (Å²) in [7, 11) is 1.60. The highest BCUT2D eigenvalue weighted by Crippen LogP contribution is 2.35. The molecule has 0 saturated carbocycles. The van der Waals surface area contributed by atoms with Crippen molar-refractivity contribution in [2.45, 2.75) is 45.3 Å². The van der Waals surface area contributed by atoms with Crippen molar-refractivity contribution in [1.82, 2.24) is 14.9 Å². The summed E-state index contributed by atoms with van der Waals surface area (Å²) in [5, 5.41) is 4.15. The lowest BCUT2D eigenvalue weighted by molar-refractivity contribution is 0.0187. The van der Waals surface area contributed by atoms with Gasteiger partial charge in [0.2, 0.25) is 0 Å². The first-order valence-corrected chi connectivity index (χ1v) is 12.0. The molecule has 2 aromatic carbocycles. The number of nitrogens with zero attached hydrogens (tertiary/aromatic N) is 3. The summed E-state index contributed by atoms with van der Waals surface area (Å²) in [4.78, 5) is 23.2. The number of carbonyl (C=O) groups is 1. The minimum atomic E-state index is -0.537. The first-order valence-electron chi connectivity index (χ1n) is 11.2. The van der Waals surface area contributed by atoms with Crippen LogP contribution in [0.3, 0.4) is 0 Å². The number of ether oxygens (including phenoxy) is 3. The number of methoxy groups -OCH3 is 1. The molecule has 1 atom stereocenters. The fourth-order valence-electron chi connectivity index (χ4n) is 3.89. The highest BCUT2D eigenvalue weighted by Gasteiger charge is 2.32. The zero-order valence-electron chi connectivity index (χ0n) is 19.8. The van der Waals surface area contributed by atoms with Gasteiger partial charge in [-0.3, -0.25) is 0 Å². The number of carbonyl (C=O) groups excluding carboxylic acids is 1. The Bertz CT molecular complexity index is 1180. The predicted molar refractivity (Wildman–Crippen MR) is 135 cm³/mol. The van der Waals surface area contributed by atoms with Gasteiger partial charge in [-0.15, -0.1) is 0 Å². The number of amides is 1. The second-order valence-corrected chi connectivity index (χ2v) is 10.1. The van der Waals surface area contributed by atoms with E-state index in [9.17, 15) is 4.79 Å². The standard InChI is InChI=1S/C25H29BrN4O4/c1-25(2,3)34-24(31)30-10-6-9-18(30)14-33-22-12-19-20(13-21(22)32-4)27-15-28-23(19)29-17-8-5-7-16(26)11-17/h5,7-8,11-13,15,18H,6,9-10,14H2,1-4H3,(H,27,28,29)/t18-/m0/s1. The largest absolute Gasteiger partial charge is 0.493 e. The normalized spacial score (nSPS) is 15.9. The summed E-state index contributed by atoms with van der Waals surface area (Å²) in [6.45, 7) is 6.60. The maximum absolute atomic E-state index is 12.6. The second-order valence-electron chi connectivity index (χ2n) is 9.16. The first kappa shape index (κ1) is 24.1. The van der Waals surface area contributed by atoms with Crippen molar-refractivity contribution in [2.24, 2.45) is 0 Å². The number of nitrogens with one attached hydrogen (secondary N) is 1. The van der Waals surface area contributed by atoms with E-state index in [0.29, 0.717) is 30.5 Å². The van der Waals surface area contributed by atoms with Gasteiger partial charge in [-0.1, -0.05) is 22.0 Å². The van der Waals surface area contributed by atoms with Crippen LogP contribution < -0.4 is 14.8 Å². The third kappa shape index (κ3) is 5.70. The molecule has 1 saturated heterocycles. The van der Waals surface area contributed by atoms with Crippen molar-refractivity contribution in [1.29, 1.82) is 0 Å². The Balaban J connectivity index is 1.56. The highest BCUT2D eigenvalue weighted by molar-refractivity contribution is 9.10. The number of benzene rings is 2. The Labute approximate surface area is 207 Å².